The van der Waals surface area contributed by atoms with Crippen molar-refractivity contribution in [1.29, 1.82) is 0 Å². The molecule has 2 fully saturated rings. The second-order valence-corrected chi connectivity index (χ2v) is 6.20. The van der Waals surface area contributed by atoms with E-state index in [0.29, 0.717) is 11.6 Å². The number of Topliss-reactive ketones (excluding diaryl/α,β-unsaturated/α-hetero) is 1. The number of nitrogens with zero attached hydrogens (tertiary/aromatic N) is 2. The first-order chi connectivity index (χ1) is 10.1. The lowest BCUT2D eigenvalue weighted by Crippen LogP contribution is -2.41. The molecule has 1 aromatic carbocycles. The van der Waals surface area contributed by atoms with Crippen molar-refractivity contribution in [2.75, 3.05) is 31.1 Å². The summed E-state index contributed by atoms with van der Waals surface area (Å²) >= 11 is 0. The van der Waals surface area contributed by atoms with Crippen LogP contribution in [0.3, 0.4) is 0 Å². The highest BCUT2D eigenvalue weighted by Gasteiger charge is 2.29. The highest BCUT2D eigenvalue weighted by atomic mass is 19.1. The van der Waals surface area contributed by atoms with E-state index in [4.69, 9.17) is 0 Å². The normalized spacial score (nSPS) is 23.5. The lowest BCUT2D eigenvalue weighted by Gasteiger charge is -2.32. The molecule has 3 rings (SSSR count). The number of carbonyl (C=O) groups excluding carboxylic acids is 1. The number of piperidine rings is 1. The maximum atomic E-state index is 13.4. The largest absolute Gasteiger partial charge is 0.369 e. The van der Waals surface area contributed by atoms with Crippen molar-refractivity contribution in [3.05, 3.63) is 29.6 Å². The van der Waals surface area contributed by atoms with E-state index in [-0.39, 0.29) is 11.6 Å². The van der Waals surface area contributed by atoms with E-state index >= 15 is 0 Å². The van der Waals surface area contributed by atoms with Crippen molar-refractivity contribution in [3.63, 3.8) is 0 Å². The molecule has 1 unspecified atom stereocenters. The van der Waals surface area contributed by atoms with Gasteiger partial charge in [-0.3, -0.25) is 9.69 Å². The zero-order valence-electron chi connectivity index (χ0n) is 12.6. The molecule has 0 N–H and O–H groups in total. The van der Waals surface area contributed by atoms with Crippen molar-refractivity contribution < 1.29 is 9.18 Å². The average molecular weight is 290 g/mol. The molecule has 3 nitrogen and oxygen atoms in total. The molecular weight excluding hydrogens is 267 g/mol. The predicted molar refractivity (Wildman–Crippen MR) is 82.4 cm³/mol. The molecule has 0 radical (unpaired) electrons. The van der Waals surface area contributed by atoms with Crippen LogP contribution in [0.1, 0.15) is 43.0 Å². The van der Waals surface area contributed by atoms with Crippen molar-refractivity contribution in [2.24, 2.45) is 0 Å². The number of ketones is 1. The molecule has 0 saturated carbocycles. The number of carbonyl (C=O) groups is 1. The fourth-order valence-corrected chi connectivity index (χ4v) is 3.61. The van der Waals surface area contributed by atoms with Gasteiger partial charge in [-0.05, 0) is 57.5 Å². The second-order valence-electron chi connectivity index (χ2n) is 6.20. The van der Waals surface area contributed by atoms with E-state index in [0.717, 1.165) is 25.2 Å². The third-order valence-electron chi connectivity index (χ3n) is 4.75. The number of hydrogen-bond acceptors (Lipinski definition) is 3. The Kier molecular flexibility index (Phi) is 4.24. The maximum absolute atomic E-state index is 13.4. The molecule has 0 aromatic heterocycles. The Balaban J connectivity index is 1.75. The van der Waals surface area contributed by atoms with Gasteiger partial charge in [0.25, 0.3) is 0 Å². The first-order valence-electron chi connectivity index (χ1n) is 7.94. The molecule has 114 valence electrons. The van der Waals surface area contributed by atoms with Gasteiger partial charge in [0.05, 0.1) is 0 Å². The Hall–Kier alpha value is -1.42. The van der Waals surface area contributed by atoms with Crippen molar-refractivity contribution >= 4 is 11.5 Å². The zero-order chi connectivity index (χ0) is 14.8. The lowest BCUT2D eigenvalue weighted by molar-refractivity contribution is 0.101. The topological polar surface area (TPSA) is 23.6 Å². The van der Waals surface area contributed by atoms with Crippen molar-refractivity contribution in [1.82, 2.24) is 4.90 Å². The fourth-order valence-electron chi connectivity index (χ4n) is 3.61. The van der Waals surface area contributed by atoms with Crippen molar-refractivity contribution in [2.45, 2.75) is 38.6 Å². The maximum Gasteiger partial charge on any atom is 0.161 e. The van der Waals surface area contributed by atoms with Gasteiger partial charge in [0, 0.05) is 30.4 Å². The average Bonchev–Trinajstić information content (AvgIpc) is 2.97. The molecule has 4 heteroatoms. The molecule has 21 heavy (non-hydrogen) atoms. The number of likely N-dealkylation sites (tertiary alicyclic amines) is 1. The zero-order valence-corrected chi connectivity index (χ0v) is 12.6. The minimum Gasteiger partial charge on any atom is -0.369 e. The van der Waals surface area contributed by atoms with Crippen LogP contribution in [0.25, 0.3) is 0 Å². The van der Waals surface area contributed by atoms with E-state index < -0.39 is 0 Å². The number of benzene rings is 1. The van der Waals surface area contributed by atoms with E-state index in [9.17, 15) is 9.18 Å². The number of halogens is 1. The SMILES string of the molecule is CC(=O)c1cc(F)ccc1N1CCC(N2CCCCC2)C1. The smallest absolute Gasteiger partial charge is 0.161 e. The van der Waals surface area contributed by atoms with E-state index in [2.05, 4.69) is 9.80 Å². The first kappa shape index (κ1) is 14.5. The summed E-state index contributed by atoms with van der Waals surface area (Å²) in [6, 6.07) is 5.15. The molecular formula is C17H23FN2O. The number of hydrogen-bond donors (Lipinski definition) is 0. The summed E-state index contributed by atoms with van der Waals surface area (Å²) in [5.74, 6) is -0.401. The predicted octanol–water partition coefficient (Wildman–Crippen LogP) is 3.09. The van der Waals surface area contributed by atoms with Gasteiger partial charge >= 0.3 is 0 Å². The molecule has 2 aliphatic rings. The van der Waals surface area contributed by atoms with Crippen LogP contribution in [0.15, 0.2) is 18.2 Å². The third-order valence-corrected chi connectivity index (χ3v) is 4.75. The lowest BCUT2D eigenvalue weighted by atomic mass is 10.1. The molecule has 0 bridgehead atoms. The fraction of sp³-hybridized carbons (Fsp3) is 0.588. The standard InChI is InChI=1S/C17H23FN2O/c1-13(21)16-11-14(18)5-6-17(16)20-10-7-15(12-20)19-8-3-2-4-9-19/h5-6,11,15H,2-4,7-10,12H2,1H3. The molecule has 0 amide bonds. The van der Waals surface area contributed by atoms with Crippen LogP contribution in [0.4, 0.5) is 10.1 Å². The van der Waals surface area contributed by atoms with Crippen LogP contribution in [-0.4, -0.2) is 42.9 Å². The van der Waals surface area contributed by atoms with Crippen LogP contribution in [0.5, 0.6) is 0 Å². The summed E-state index contributed by atoms with van der Waals surface area (Å²) in [4.78, 5) is 16.6. The summed E-state index contributed by atoms with van der Waals surface area (Å²) < 4.78 is 13.4. The van der Waals surface area contributed by atoms with Gasteiger partial charge in [0.2, 0.25) is 0 Å². The van der Waals surface area contributed by atoms with Gasteiger partial charge in [-0.25, -0.2) is 4.39 Å². The minimum atomic E-state index is -0.337. The number of rotatable bonds is 3. The van der Waals surface area contributed by atoms with Crippen LogP contribution in [-0.2, 0) is 0 Å². The van der Waals surface area contributed by atoms with Crippen LogP contribution >= 0.6 is 0 Å². The van der Waals surface area contributed by atoms with E-state index in [1.807, 2.05) is 0 Å². The highest BCUT2D eigenvalue weighted by molar-refractivity contribution is 5.99. The van der Waals surface area contributed by atoms with Gasteiger partial charge in [-0.15, -0.1) is 0 Å². The van der Waals surface area contributed by atoms with E-state index in [1.54, 1.807) is 6.07 Å². The van der Waals surface area contributed by atoms with Gasteiger partial charge in [0.15, 0.2) is 5.78 Å². The molecule has 2 aliphatic heterocycles. The quantitative estimate of drug-likeness (QED) is 0.799. The number of anilines is 1. The minimum absolute atomic E-state index is 0.0640. The molecule has 0 aliphatic carbocycles. The van der Waals surface area contributed by atoms with Gasteiger partial charge in [0.1, 0.15) is 5.82 Å². The Labute approximate surface area is 125 Å². The van der Waals surface area contributed by atoms with Gasteiger partial charge < -0.3 is 4.90 Å². The molecule has 2 saturated heterocycles. The summed E-state index contributed by atoms with van der Waals surface area (Å²) in [5.41, 5.74) is 1.40. The highest BCUT2D eigenvalue weighted by Crippen LogP contribution is 2.28. The van der Waals surface area contributed by atoms with Crippen LogP contribution < -0.4 is 4.90 Å². The Morgan fingerprint density at radius 1 is 1.19 bits per heavy atom. The van der Waals surface area contributed by atoms with E-state index in [1.165, 1.54) is 51.4 Å². The van der Waals surface area contributed by atoms with Gasteiger partial charge in [-0.1, -0.05) is 6.42 Å². The Morgan fingerprint density at radius 3 is 2.67 bits per heavy atom. The molecule has 0 spiro atoms. The molecule has 1 atom stereocenters. The van der Waals surface area contributed by atoms with Crippen LogP contribution in [0.2, 0.25) is 0 Å². The molecule has 2 heterocycles. The Bertz CT molecular complexity index is 526. The molecule has 1 aromatic rings. The Morgan fingerprint density at radius 2 is 1.95 bits per heavy atom. The van der Waals surface area contributed by atoms with Gasteiger partial charge in [-0.2, -0.15) is 0 Å². The summed E-state index contributed by atoms with van der Waals surface area (Å²) in [6.45, 7) is 5.80. The second kappa shape index (κ2) is 6.14. The monoisotopic (exact) mass is 290 g/mol. The first-order valence-corrected chi connectivity index (χ1v) is 7.94. The summed E-state index contributed by atoms with van der Waals surface area (Å²) in [6.07, 6.45) is 5.07. The summed E-state index contributed by atoms with van der Waals surface area (Å²) in [7, 11) is 0. The third kappa shape index (κ3) is 3.10. The summed E-state index contributed by atoms with van der Waals surface area (Å²) in [5, 5.41) is 0. The van der Waals surface area contributed by atoms with Crippen molar-refractivity contribution in [3.8, 4) is 0 Å². The van der Waals surface area contributed by atoms with Crippen LogP contribution in [0, 0.1) is 5.82 Å².